The van der Waals surface area contributed by atoms with Crippen molar-refractivity contribution in [2.24, 2.45) is 0 Å². The normalized spacial score (nSPS) is 10.8. The van der Waals surface area contributed by atoms with Gasteiger partial charge in [-0.05, 0) is 55.0 Å². The zero-order chi connectivity index (χ0) is 24.5. The minimum atomic E-state index is -0.695. The monoisotopic (exact) mass is 459 g/mol. The number of benzene rings is 3. The maximum atomic E-state index is 13.1. The van der Waals surface area contributed by atoms with Gasteiger partial charge in [0.15, 0.2) is 0 Å². The summed E-state index contributed by atoms with van der Waals surface area (Å²) in [6, 6.07) is 20.1. The van der Waals surface area contributed by atoms with Gasteiger partial charge in [-0.15, -0.1) is 0 Å². The van der Waals surface area contributed by atoms with E-state index in [1.165, 1.54) is 42.5 Å². The highest BCUT2D eigenvalue weighted by Crippen LogP contribution is 2.19. The number of nitro groups is 1. The van der Waals surface area contributed by atoms with Gasteiger partial charge in [0.05, 0.1) is 22.8 Å². The van der Waals surface area contributed by atoms with Crippen molar-refractivity contribution in [2.45, 2.75) is 6.92 Å². The predicted molar refractivity (Wildman–Crippen MR) is 126 cm³/mol. The molecule has 0 heterocycles. The maximum Gasteiger partial charge on any atom is 0.340 e. The first-order chi connectivity index (χ1) is 16.4. The number of rotatable bonds is 8. The van der Waals surface area contributed by atoms with Crippen LogP contribution in [0.25, 0.3) is 6.08 Å². The zero-order valence-electron chi connectivity index (χ0n) is 18.2. The Hall–Kier alpha value is -4.79. The van der Waals surface area contributed by atoms with E-state index in [1.807, 2.05) is 0 Å². The Labute approximate surface area is 195 Å². The first-order valence-electron chi connectivity index (χ1n) is 10.3. The molecule has 0 atom stereocenters. The Morgan fingerprint density at radius 1 is 0.941 bits per heavy atom. The number of nitrogens with one attached hydrogen (secondary N) is 2. The number of amides is 2. The molecule has 2 amide bonds. The van der Waals surface area contributed by atoms with Gasteiger partial charge < -0.3 is 15.4 Å². The molecule has 0 aliphatic carbocycles. The fraction of sp³-hybridized carbons (Fsp3) is 0.0800. The van der Waals surface area contributed by atoms with Crippen LogP contribution in [0.3, 0.4) is 0 Å². The molecule has 9 heteroatoms. The Bertz CT molecular complexity index is 1240. The average Bonchev–Trinajstić information content (AvgIpc) is 2.85. The van der Waals surface area contributed by atoms with Crippen LogP contribution in [0.5, 0.6) is 0 Å². The van der Waals surface area contributed by atoms with Crippen molar-refractivity contribution in [1.82, 2.24) is 5.32 Å². The summed E-state index contributed by atoms with van der Waals surface area (Å²) in [5.74, 6) is -1.82. The van der Waals surface area contributed by atoms with Gasteiger partial charge in [-0.25, -0.2) is 4.79 Å². The van der Waals surface area contributed by atoms with Crippen molar-refractivity contribution in [2.75, 3.05) is 11.9 Å². The van der Waals surface area contributed by atoms with Crippen molar-refractivity contribution in [3.8, 4) is 0 Å². The molecule has 9 nitrogen and oxygen atoms in total. The molecule has 0 aliphatic rings. The number of anilines is 1. The molecule has 0 radical (unpaired) electrons. The Morgan fingerprint density at radius 2 is 1.59 bits per heavy atom. The summed E-state index contributed by atoms with van der Waals surface area (Å²) in [6.07, 6.45) is 1.38. The number of non-ortho nitro benzene ring substituents is 1. The fourth-order valence-corrected chi connectivity index (χ4v) is 2.97. The van der Waals surface area contributed by atoms with E-state index in [4.69, 9.17) is 4.74 Å². The zero-order valence-corrected chi connectivity index (χ0v) is 18.2. The number of ether oxygens (including phenoxy) is 1. The number of nitrogens with zero attached hydrogens (tertiary/aromatic N) is 1. The van der Waals surface area contributed by atoms with Gasteiger partial charge in [0.1, 0.15) is 5.70 Å². The van der Waals surface area contributed by atoms with Crippen LogP contribution in [0.2, 0.25) is 0 Å². The molecule has 0 aromatic heterocycles. The van der Waals surface area contributed by atoms with Crippen LogP contribution in [-0.2, 0) is 9.53 Å². The number of carbonyl (C=O) groups excluding carboxylic acids is 3. The van der Waals surface area contributed by atoms with Crippen LogP contribution in [-0.4, -0.2) is 29.3 Å². The molecular weight excluding hydrogens is 438 g/mol. The van der Waals surface area contributed by atoms with Gasteiger partial charge in [0.25, 0.3) is 17.5 Å². The first kappa shape index (κ1) is 23.9. The lowest BCUT2D eigenvalue weighted by molar-refractivity contribution is -0.384. The number of carbonyl (C=O) groups is 3. The summed E-state index contributed by atoms with van der Waals surface area (Å²) in [5, 5.41) is 16.1. The second-order valence-electron chi connectivity index (χ2n) is 6.95. The fourth-order valence-electron chi connectivity index (χ4n) is 2.97. The highest BCUT2D eigenvalue weighted by molar-refractivity contribution is 6.12. The van der Waals surface area contributed by atoms with Gasteiger partial charge >= 0.3 is 5.97 Å². The lowest BCUT2D eigenvalue weighted by Crippen LogP contribution is -2.31. The van der Waals surface area contributed by atoms with Crippen LogP contribution in [0.4, 0.5) is 11.4 Å². The van der Waals surface area contributed by atoms with Crippen LogP contribution >= 0.6 is 0 Å². The number of hydrogen-bond donors (Lipinski definition) is 2. The van der Waals surface area contributed by atoms with E-state index >= 15 is 0 Å². The molecule has 3 rings (SSSR count). The SMILES string of the molecule is CCOC(=O)c1ccccc1NC(=O)/C(=C/c1ccc([N+](=O)[O-])cc1)NC(=O)c1ccccc1. The van der Waals surface area contributed by atoms with Gasteiger partial charge in [-0.1, -0.05) is 30.3 Å². The van der Waals surface area contributed by atoms with Crippen LogP contribution in [0.1, 0.15) is 33.2 Å². The van der Waals surface area contributed by atoms with Crippen molar-refractivity contribution in [3.05, 3.63) is 111 Å². The van der Waals surface area contributed by atoms with Crippen LogP contribution in [0, 0.1) is 10.1 Å². The number of para-hydroxylation sites is 1. The topological polar surface area (TPSA) is 128 Å². The Balaban J connectivity index is 1.93. The van der Waals surface area contributed by atoms with E-state index in [0.717, 1.165) is 0 Å². The Kier molecular flexibility index (Phi) is 7.85. The predicted octanol–water partition coefficient (Wildman–Crippen LogP) is 4.18. The lowest BCUT2D eigenvalue weighted by Gasteiger charge is -2.13. The highest BCUT2D eigenvalue weighted by Gasteiger charge is 2.19. The first-order valence-corrected chi connectivity index (χ1v) is 10.3. The van der Waals surface area contributed by atoms with Crippen molar-refractivity contribution < 1.29 is 24.0 Å². The lowest BCUT2D eigenvalue weighted by atomic mass is 10.1. The van der Waals surface area contributed by atoms with E-state index < -0.39 is 22.7 Å². The molecule has 2 N–H and O–H groups in total. The molecule has 3 aromatic carbocycles. The molecule has 0 aliphatic heterocycles. The molecule has 172 valence electrons. The van der Waals surface area contributed by atoms with E-state index in [0.29, 0.717) is 11.1 Å². The van der Waals surface area contributed by atoms with Crippen molar-refractivity contribution in [1.29, 1.82) is 0 Å². The van der Waals surface area contributed by atoms with E-state index in [2.05, 4.69) is 10.6 Å². The minimum absolute atomic E-state index is 0.111. The molecule has 0 fully saturated rings. The second-order valence-corrected chi connectivity index (χ2v) is 6.95. The quantitative estimate of drug-likeness (QED) is 0.225. The molecule has 0 bridgehead atoms. The highest BCUT2D eigenvalue weighted by atomic mass is 16.6. The number of esters is 1. The van der Waals surface area contributed by atoms with Crippen molar-refractivity contribution in [3.63, 3.8) is 0 Å². The second kappa shape index (κ2) is 11.2. The van der Waals surface area contributed by atoms with E-state index in [1.54, 1.807) is 49.4 Å². The largest absolute Gasteiger partial charge is 0.462 e. The third-order valence-electron chi connectivity index (χ3n) is 4.61. The Morgan fingerprint density at radius 3 is 2.24 bits per heavy atom. The van der Waals surface area contributed by atoms with Gasteiger partial charge in [-0.2, -0.15) is 0 Å². The summed E-state index contributed by atoms with van der Waals surface area (Å²) in [6.45, 7) is 1.84. The third kappa shape index (κ3) is 6.13. The van der Waals surface area contributed by atoms with Gasteiger partial charge in [-0.3, -0.25) is 19.7 Å². The summed E-state index contributed by atoms with van der Waals surface area (Å²) in [5.41, 5.74) is 0.900. The van der Waals surface area contributed by atoms with E-state index in [9.17, 15) is 24.5 Å². The van der Waals surface area contributed by atoms with Crippen molar-refractivity contribution >= 4 is 35.2 Å². The summed E-state index contributed by atoms with van der Waals surface area (Å²) in [4.78, 5) is 48.5. The number of nitro benzene ring substituents is 1. The maximum absolute atomic E-state index is 13.1. The molecule has 0 unspecified atom stereocenters. The van der Waals surface area contributed by atoms with E-state index in [-0.39, 0.29) is 29.2 Å². The molecule has 34 heavy (non-hydrogen) atoms. The molecular formula is C25H21N3O6. The molecule has 0 spiro atoms. The third-order valence-corrected chi connectivity index (χ3v) is 4.61. The van der Waals surface area contributed by atoms with Gasteiger partial charge in [0.2, 0.25) is 0 Å². The molecule has 0 saturated heterocycles. The van der Waals surface area contributed by atoms with Crippen LogP contribution in [0.15, 0.2) is 84.6 Å². The van der Waals surface area contributed by atoms with Crippen LogP contribution < -0.4 is 10.6 Å². The van der Waals surface area contributed by atoms with Gasteiger partial charge in [0, 0.05) is 17.7 Å². The molecule has 3 aromatic rings. The molecule has 0 saturated carbocycles. The summed E-state index contributed by atoms with van der Waals surface area (Å²) < 4.78 is 5.03. The summed E-state index contributed by atoms with van der Waals surface area (Å²) >= 11 is 0. The number of hydrogen-bond acceptors (Lipinski definition) is 6. The summed E-state index contributed by atoms with van der Waals surface area (Å²) in [7, 11) is 0. The standard InChI is InChI=1S/C25H21N3O6/c1-2-34-25(31)20-10-6-7-11-21(20)26-24(30)22(27-23(29)18-8-4-3-5-9-18)16-17-12-14-19(15-13-17)28(32)33/h3-16H,2H2,1H3,(H,26,30)(H,27,29)/b22-16-. The minimum Gasteiger partial charge on any atom is -0.462 e. The average molecular weight is 459 g/mol. The smallest absolute Gasteiger partial charge is 0.340 e.